The van der Waals surface area contributed by atoms with Gasteiger partial charge in [0.2, 0.25) is 5.95 Å². The van der Waals surface area contributed by atoms with Crippen molar-refractivity contribution in [3.8, 4) is 0 Å². The molecule has 3 aliphatic rings. The van der Waals surface area contributed by atoms with Gasteiger partial charge in [0.1, 0.15) is 11.6 Å². The number of aliphatic hydroxyl groups is 1. The van der Waals surface area contributed by atoms with Crippen LogP contribution in [0.25, 0.3) is 0 Å². The number of rotatable bonds is 15. The number of piperazine rings is 1. The number of likely N-dealkylation sites (tertiary alicyclic amines) is 1. The molecule has 1 aromatic rings. The Kier molecular flexibility index (Phi) is 12.6. The van der Waals surface area contributed by atoms with Crippen molar-refractivity contribution in [1.29, 1.82) is 0 Å². The lowest BCUT2D eigenvalue weighted by molar-refractivity contribution is 0.0724. The molecule has 2 aliphatic heterocycles. The number of nitrogens with two attached hydrogens (primary N) is 1. The minimum atomic E-state index is 0.0805. The van der Waals surface area contributed by atoms with E-state index in [1.807, 2.05) is 6.07 Å². The van der Waals surface area contributed by atoms with E-state index < -0.39 is 0 Å². The van der Waals surface area contributed by atoms with E-state index in [-0.39, 0.29) is 6.61 Å². The van der Waals surface area contributed by atoms with E-state index in [4.69, 9.17) is 20.6 Å². The van der Waals surface area contributed by atoms with Gasteiger partial charge in [-0.25, -0.2) is 0 Å². The minimum Gasteiger partial charge on any atom is -0.394 e. The SMILES string of the molecule is Nc1cc(N2CCN(CCOCCO)CC2)nc(NC[C@H]2CC[C@H](CNCCCN3CCCCC3)CC2)n1. The highest BCUT2D eigenvalue weighted by Crippen LogP contribution is 2.29. The van der Waals surface area contributed by atoms with E-state index in [0.717, 1.165) is 57.5 Å². The van der Waals surface area contributed by atoms with Crippen molar-refractivity contribution < 1.29 is 9.84 Å². The number of ether oxygens (including phenoxy) is 1. The Balaban J connectivity index is 1.09. The Morgan fingerprint density at radius 3 is 2.32 bits per heavy atom. The molecular formula is C28H52N8O2. The van der Waals surface area contributed by atoms with Crippen molar-refractivity contribution >= 4 is 17.6 Å². The first-order chi connectivity index (χ1) is 18.7. The number of aromatic nitrogens is 2. The topological polar surface area (TPSA) is 115 Å². The van der Waals surface area contributed by atoms with Gasteiger partial charge in [-0.15, -0.1) is 0 Å². The zero-order valence-electron chi connectivity index (χ0n) is 23.5. The van der Waals surface area contributed by atoms with Crippen molar-refractivity contribution in [1.82, 2.24) is 25.1 Å². The monoisotopic (exact) mass is 532 g/mol. The second-order valence-corrected chi connectivity index (χ2v) is 11.4. The standard InChI is InChI=1S/C28H52N8O2/c29-26-21-27(36-15-13-35(14-16-36)17-19-38-20-18-37)33-28(32-26)31-23-25-7-5-24(6-8-25)22-30-9-4-12-34-10-2-1-3-11-34/h21,24-25,30,37H,1-20,22-23H2,(H3,29,31,32,33)/t24-,25-. The number of nitrogens with one attached hydrogen (secondary N) is 2. The molecule has 0 bridgehead atoms. The van der Waals surface area contributed by atoms with Crippen LogP contribution in [0.1, 0.15) is 51.4 Å². The molecule has 0 amide bonds. The van der Waals surface area contributed by atoms with Crippen molar-refractivity contribution in [2.45, 2.75) is 51.4 Å². The lowest BCUT2D eigenvalue weighted by Crippen LogP contribution is -2.47. The maximum Gasteiger partial charge on any atom is 0.226 e. The maximum absolute atomic E-state index is 8.83. The zero-order chi connectivity index (χ0) is 26.4. The molecule has 38 heavy (non-hydrogen) atoms. The molecule has 0 unspecified atom stereocenters. The molecule has 1 aromatic heterocycles. The van der Waals surface area contributed by atoms with Crippen molar-refractivity contribution in [3.63, 3.8) is 0 Å². The van der Waals surface area contributed by atoms with Crippen LogP contribution in [0, 0.1) is 11.8 Å². The predicted molar refractivity (Wildman–Crippen MR) is 155 cm³/mol. The number of piperidine rings is 1. The smallest absolute Gasteiger partial charge is 0.226 e. The van der Waals surface area contributed by atoms with E-state index in [1.165, 1.54) is 77.5 Å². The highest BCUT2D eigenvalue weighted by molar-refractivity contribution is 5.51. The van der Waals surface area contributed by atoms with Crippen LogP contribution in [0.5, 0.6) is 0 Å². The molecule has 3 heterocycles. The quantitative estimate of drug-likeness (QED) is 0.250. The summed E-state index contributed by atoms with van der Waals surface area (Å²) in [5.74, 6) is 3.57. The minimum absolute atomic E-state index is 0.0805. The first-order valence-corrected chi connectivity index (χ1v) is 15.2. The lowest BCUT2D eigenvalue weighted by Gasteiger charge is -2.35. The van der Waals surface area contributed by atoms with Gasteiger partial charge >= 0.3 is 0 Å². The summed E-state index contributed by atoms with van der Waals surface area (Å²) in [7, 11) is 0. The fourth-order valence-corrected chi connectivity index (χ4v) is 6.05. The number of nitrogen functional groups attached to an aromatic ring is 1. The molecule has 10 nitrogen and oxygen atoms in total. The molecule has 2 saturated heterocycles. The largest absolute Gasteiger partial charge is 0.394 e. The van der Waals surface area contributed by atoms with Crippen LogP contribution >= 0.6 is 0 Å². The molecule has 0 spiro atoms. The van der Waals surface area contributed by atoms with E-state index in [0.29, 0.717) is 30.9 Å². The Labute approximate surface area is 229 Å². The van der Waals surface area contributed by atoms with Gasteiger partial charge in [-0.1, -0.05) is 6.42 Å². The van der Waals surface area contributed by atoms with E-state index in [2.05, 4.69) is 30.3 Å². The van der Waals surface area contributed by atoms with Crippen molar-refractivity contribution in [2.24, 2.45) is 11.8 Å². The van der Waals surface area contributed by atoms with Crippen molar-refractivity contribution in [3.05, 3.63) is 6.07 Å². The Bertz CT molecular complexity index is 778. The van der Waals surface area contributed by atoms with Crippen LogP contribution in [0.4, 0.5) is 17.6 Å². The second kappa shape index (κ2) is 16.4. The highest BCUT2D eigenvalue weighted by Gasteiger charge is 2.22. The van der Waals surface area contributed by atoms with Gasteiger partial charge in [0.25, 0.3) is 0 Å². The molecule has 0 atom stereocenters. The highest BCUT2D eigenvalue weighted by atomic mass is 16.5. The fourth-order valence-electron chi connectivity index (χ4n) is 6.05. The first-order valence-electron chi connectivity index (χ1n) is 15.2. The molecule has 5 N–H and O–H groups in total. The average Bonchev–Trinajstić information content (AvgIpc) is 2.95. The summed E-state index contributed by atoms with van der Waals surface area (Å²) in [6.45, 7) is 12.9. The third-order valence-electron chi connectivity index (χ3n) is 8.44. The normalized spacial score (nSPS) is 23.6. The molecule has 216 valence electrons. The average molecular weight is 533 g/mol. The van der Waals surface area contributed by atoms with Gasteiger partial charge in [0, 0.05) is 45.3 Å². The van der Waals surface area contributed by atoms with Crippen LogP contribution in [0.2, 0.25) is 0 Å². The fraction of sp³-hybridized carbons (Fsp3) is 0.857. The Hall–Kier alpha value is -1.72. The molecule has 1 saturated carbocycles. The van der Waals surface area contributed by atoms with E-state index >= 15 is 0 Å². The molecule has 4 rings (SSSR count). The molecule has 0 radical (unpaired) electrons. The third-order valence-corrected chi connectivity index (χ3v) is 8.44. The summed E-state index contributed by atoms with van der Waals surface area (Å²) in [6, 6.07) is 1.88. The Morgan fingerprint density at radius 1 is 0.868 bits per heavy atom. The summed E-state index contributed by atoms with van der Waals surface area (Å²) in [4.78, 5) is 16.6. The molecule has 1 aliphatic carbocycles. The number of aliphatic hydroxyl groups excluding tert-OH is 1. The van der Waals surface area contributed by atoms with Gasteiger partial charge in [0.15, 0.2) is 0 Å². The first kappa shape index (κ1) is 29.3. The van der Waals surface area contributed by atoms with Crippen LogP contribution in [0.3, 0.4) is 0 Å². The van der Waals surface area contributed by atoms with Gasteiger partial charge in [0.05, 0.1) is 19.8 Å². The van der Waals surface area contributed by atoms with Gasteiger partial charge < -0.3 is 36.0 Å². The summed E-state index contributed by atoms with van der Waals surface area (Å²) in [5, 5.41) is 16.1. The van der Waals surface area contributed by atoms with Gasteiger partial charge in [-0.2, -0.15) is 9.97 Å². The Morgan fingerprint density at radius 2 is 1.58 bits per heavy atom. The predicted octanol–water partition coefficient (Wildman–Crippen LogP) is 1.87. The summed E-state index contributed by atoms with van der Waals surface area (Å²) >= 11 is 0. The van der Waals surface area contributed by atoms with E-state index in [9.17, 15) is 0 Å². The van der Waals surface area contributed by atoms with Crippen molar-refractivity contribution in [2.75, 3.05) is 108 Å². The summed E-state index contributed by atoms with van der Waals surface area (Å²) in [5.41, 5.74) is 6.15. The second-order valence-electron chi connectivity index (χ2n) is 11.4. The van der Waals surface area contributed by atoms with Gasteiger partial charge in [-0.05, 0) is 89.5 Å². The summed E-state index contributed by atoms with van der Waals surface area (Å²) in [6.07, 6.45) is 10.6. The zero-order valence-corrected chi connectivity index (χ0v) is 23.5. The van der Waals surface area contributed by atoms with Crippen LogP contribution in [0.15, 0.2) is 6.07 Å². The number of hydrogen-bond donors (Lipinski definition) is 4. The third kappa shape index (κ3) is 10.1. The molecular weight excluding hydrogens is 480 g/mol. The molecule has 10 heteroatoms. The van der Waals surface area contributed by atoms with Crippen LogP contribution < -0.4 is 21.3 Å². The lowest BCUT2D eigenvalue weighted by atomic mass is 9.82. The number of hydrogen-bond acceptors (Lipinski definition) is 10. The van der Waals surface area contributed by atoms with Crippen LogP contribution in [-0.4, -0.2) is 117 Å². The molecule has 3 fully saturated rings. The number of nitrogens with zero attached hydrogens (tertiary/aromatic N) is 5. The maximum atomic E-state index is 8.83. The number of anilines is 3. The molecule has 0 aromatic carbocycles. The van der Waals surface area contributed by atoms with Gasteiger partial charge in [-0.3, -0.25) is 4.90 Å². The summed E-state index contributed by atoms with van der Waals surface area (Å²) < 4.78 is 5.40. The van der Waals surface area contributed by atoms with E-state index in [1.54, 1.807) is 0 Å². The van der Waals surface area contributed by atoms with Crippen LogP contribution in [-0.2, 0) is 4.74 Å².